The molecule has 0 aliphatic heterocycles. The van der Waals surface area contributed by atoms with Crippen LogP contribution in [0.15, 0.2) is 54.6 Å². The van der Waals surface area contributed by atoms with E-state index in [1.54, 1.807) is 18.2 Å². The predicted molar refractivity (Wildman–Crippen MR) is 79.8 cm³/mol. The van der Waals surface area contributed by atoms with E-state index in [1.807, 2.05) is 25.1 Å². The van der Waals surface area contributed by atoms with E-state index in [1.165, 1.54) is 11.6 Å². The molecule has 2 aromatic carbocycles. The Hall–Kier alpha value is -2.29. The monoisotopic (exact) mass is 269 g/mol. The highest BCUT2D eigenvalue weighted by Gasteiger charge is 2.12. The molecule has 2 aromatic rings. The van der Waals surface area contributed by atoms with E-state index in [0.29, 0.717) is 5.56 Å². The Bertz CT molecular complexity index is 566. The van der Waals surface area contributed by atoms with E-state index >= 15 is 0 Å². The van der Waals surface area contributed by atoms with Crippen molar-refractivity contribution in [2.24, 2.45) is 0 Å². The summed E-state index contributed by atoms with van der Waals surface area (Å²) in [4.78, 5) is 12.0. The van der Waals surface area contributed by atoms with Crippen LogP contribution in [-0.2, 0) is 6.42 Å². The van der Waals surface area contributed by atoms with Crippen LogP contribution < -0.4 is 5.32 Å². The first-order chi connectivity index (χ1) is 9.66. The third-order valence-corrected chi connectivity index (χ3v) is 3.24. The van der Waals surface area contributed by atoms with Crippen LogP contribution >= 0.6 is 0 Å². The van der Waals surface area contributed by atoms with Gasteiger partial charge in [-0.15, -0.1) is 0 Å². The number of benzene rings is 2. The SMILES string of the molecule is C[C@@H](CCc1ccccc1)NC(=O)c1ccccc1O. The summed E-state index contributed by atoms with van der Waals surface area (Å²) < 4.78 is 0. The highest BCUT2D eigenvalue weighted by Crippen LogP contribution is 2.15. The highest BCUT2D eigenvalue weighted by atomic mass is 16.3. The molecule has 3 nitrogen and oxygen atoms in total. The van der Waals surface area contributed by atoms with Crippen LogP contribution in [0.25, 0.3) is 0 Å². The Balaban J connectivity index is 1.87. The first kappa shape index (κ1) is 14.1. The zero-order chi connectivity index (χ0) is 14.4. The number of phenols is 1. The molecule has 0 aromatic heterocycles. The number of phenolic OH excluding ortho intramolecular Hbond substituents is 1. The number of hydrogen-bond acceptors (Lipinski definition) is 2. The van der Waals surface area contributed by atoms with Crippen LogP contribution in [0.4, 0.5) is 0 Å². The second-order valence-corrected chi connectivity index (χ2v) is 4.92. The Labute approximate surface area is 119 Å². The van der Waals surface area contributed by atoms with E-state index in [9.17, 15) is 9.90 Å². The summed E-state index contributed by atoms with van der Waals surface area (Å²) in [6, 6.07) is 16.8. The van der Waals surface area contributed by atoms with Crippen LogP contribution in [0, 0.1) is 0 Å². The summed E-state index contributed by atoms with van der Waals surface area (Å²) in [6.45, 7) is 1.97. The van der Waals surface area contributed by atoms with E-state index in [4.69, 9.17) is 0 Å². The molecule has 1 amide bonds. The minimum absolute atomic E-state index is 0.0141. The maximum atomic E-state index is 12.0. The minimum Gasteiger partial charge on any atom is -0.507 e. The van der Waals surface area contributed by atoms with Crippen LogP contribution in [0.5, 0.6) is 5.75 Å². The summed E-state index contributed by atoms with van der Waals surface area (Å²) in [6.07, 6.45) is 1.78. The summed E-state index contributed by atoms with van der Waals surface area (Å²) >= 11 is 0. The van der Waals surface area contributed by atoms with Gasteiger partial charge in [0, 0.05) is 6.04 Å². The number of aryl methyl sites for hydroxylation is 1. The molecule has 104 valence electrons. The first-order valence-corrected chi connectivity index (χ1v) is 6.79. The van der Waals surface area contributed by atoms with Gasteiger partial charge in [0.25, 0.3) is 5.91 Å². The molecule has 0 spiro atoms. The Morgan fingerprint density at radius 1 is 1.10 bits per heavy atom. The van der Waals surface area contributed by atoms with Gasteiger partial charge in [-0.2, -0.15) is 0 Å². The molecule has 2 rings (SSSR count). The zero-order valence-electron chi connectivity index (χ0n) is 11.5. The minimum atomic E-state index is -0.233. The van der Waals surface area contributed by atoms with Crippen molar-refractivity contribution in [3.63, 3.8) is 0 Å². The molecule has 0 radical (unpaired) electrons. The number of carbonyl (C=O) groups is 1. The normalized spacial score (nSPS) is 11.8. The summed E-state index contributed by atoms with van der Waals surface area (Å²) in [5.74, 6) is -0.219. The van der Waals surface area contributed by atoms with Crippen molar-refractivity contribution in [2.75, 3.05) is 0 Å². The lowest BCUT2D eigenvalue weighted by atomic mass is 10.1. The van der Waals surface area contributed by atoms with Gasteiger partial charge in [0.2, 0.25) is 0 Å². The fourth-order valence-corrected chi connectivity index (χ4v) is 2.07. The molecule has 0 saturated carbocycles. The molecule has 3 heteroatoms. The van der Waals surface area contributed by atoms with Gasteiger partial charge in [-0.25, -0.2) is 0 Å². The van der Waals surface area contributed by atoms with Gasteiger partial charge in [0.05, 0.1) is 5.56 Å². The van der Waals surface area contributed by atoms with E-state index in [-0.39, 0.29) is 17.7 Å². The molecular weight excluding hydrogens is 250 g/mol. The standard InChI is InChI=1S/C17H19NO2/c1-13(11-12-14-7-3-2-4-8-14)18-17(20)15-9-5-6-10-16(15)19/h2-10,13,19H,11-12H2,1H3,(H,18,20)/t13-/m0/s1. The Morgan fingerprint density at radius 3 is 2.45 bits per heavy atom. The molecule has 2 N–H and O–H groups in total. The molecule has 20 heavy (non-hydrogen) atoms. The van der Waals surface area contributed by atoms with Crippen molar-refractivity contribution in [2.45, 2.75) is 25.8 Å². The highest BCUT2D eigenvalue weighted by molar-refractivity contribution is 5.96. The first-order valence-electron chi connectivity index (χ1n) is 6.79. The van der Waals surface area contributed by atoms with Gasteiger partial charge in [0.1, 0.15) is 5.75 Å². The number of aromatic hydroxyl groups is 1. The van der Waals surface area contributed by atoms with Crippen molar-refractivity contribution >= 4 is 5.91 Å². The van der Waals surface area contributed by atoms with E-state index in [2.05, 4.69) is 17.4 Å². The van der Waals surface area contributed by atoms with Crippen molar-refractivity contribution < 1.29 is 9.90 Å². The lowest BCUT2D eigenvalue weighted by molar-refractivity contribution is 0.0936. The average Bonchev–Trinajstić information content (AvgIpc) is 2.46. The van der Waals surface area contributed by atoms with E-state index in [0.717, 1.165) is 12.8 Å². The largest absolute Gasteiger partial charge is 0.507 e. The Kier molecular flexibility index (Phi) is 4.77. The smallest absolute Gasteiger partial charge is 0.255 e. The van der Waals surface area contributed by atoms with Gasteiger partial charge >= 0.3 is 0 Å². The third kappa shape index (κ3) is 3.85. The molecule has 0 aliphatic rings. The third-order valence-electron chi connectivity index (χ3n) is 3.24. The second-order valence-electron chi connectivity index (χ2n) is 4.92. The van der Waals surface area contributed by atoms with Gasteiger partial charge in [-0.3, -0.25) is 4.79 Å². The van der Waals surface area contributed by atoms with E-state index < -0.39 is 0 Å². The molecule has 0 fully saturated rings. The van der Waals surface area contributed by atoms with Gasteiger partial charge < -0.3 is 10.4 Å². The van der Waals surface area contributed by atoms with Crippen molar-refractivity contribution in [3.05, 3.63) is 65.7 Å². The molecule has 0 aliphatic carbocycles. The number of nitrogens with one attached hydrogen (secondary N) is 1. The molecule has 0 bridgehead atoms. The number of hydrogen-bond donors (Lipinski definition) is 2. The lowest BCUT2D eigenvalue weighted by Gasteiger charge is -2.14. The maximum Gasteiger partial charge on any atom is 0.255 e. The van der Waals surface area contributed by atoms with Crippen molar-refractivity contribution in [1.82, 2.24) is 5.32 Å². The number of carbonyl (C=O) groups excluding carboxylic acids is 1. The Morgan fingerprint density at radius 2 is 1.75 bits per heavy atom. The van der Waals surface area contributed by atoms with Gasteiger partial charge in [0.15, 0.2) is 0 Å². The zero-order valence-corrected chi connectivity index (χ0v) is 11.5. The maximum absolute atomic E-state index is 12.0. The van der Waals surface area contributed by atoms with Gasteiger partial charge in [-0.05, 0) is 37.5 Å². The topological polar surface area (TPSA) is 49.3 Å². The molecule has 0 heterocycles. The molecule has 1 atom stereocenters. The van der Waals surface area contributed by atoms with Crippen LogP contribution in [0.2, 0.25) is 0 Å². The number of rotatable bonds is 5. The summed E-state index contributed by atoms with van der Waals surface area (Å²) in [7, 11) is 0. The van der Waals surface area contributed by atoms with Crippen molar-refractivity contribution in [1.29, 1.82) is 0 Å². The lowest BCUT2D eigenvalue weighted by Crippen LogP contribution is -2.32. The number of para-hydroxylation sites is 1. The van der Waals surface area contributed by atoms with Crippen LogP contribution in [-0.4, -0.2) is 17.1 Å². The molecule has 0 saturated heterocycles. The van der Waals surface area contributed by atoms with Crippen molar-refractivity contribution in [3.8, 4) is 5.75 Å². The summed E-state index contributed by atoms with van der Waals surface area (Å²) in [5, 5.41) is 12.5. The average molecular weight is 269 g/mol. The van der Waals surface area contributed by atoms with Crippen LogP contribution in [0.1, 0.15) is 29.3 Å². The number of amides is 1. The predicted octanol–water partition coefficient (Wildman–Crippen LogP) is 3.14. The fourth-order valence-electron chi connectivity index (χ4n) is 2.07. The molecular formula is C17H19NO2. The van der Waals surface area contributed by atoms with Crippen LogP contribution in [0.3, 0.4) is 0 Å². The quantitative estimate of drug-likeness (QED) is 0.876. The summed E-state index contributed by atoms with van der Waals surface area (Å²) in [5.41, 5.74) is 1.58. The van der Waals surface area contributed by atoms with Gasteiger partial charge in [-0.1, -0.05) is 42.5 Å². The molecule has 0 unspecified atom stereocenters. The fraction of sp³-hybridized carbons (Fsp3) is 0.235. The second kappa shape index (κ2) is 6.75.